The molecule has 2 fully saturated rings. The van der Waals surface area contributed by atoms with Gasteiger partial charge in [0.2, 0.25) is 0 Å². The molecule has 3 aliphatic rings. The average molecular weight is 180 g/mol. The second-order valence-electron chi connectivity index (χ2n) is 4.64. The summed E-state index contributed by atoms with van der Waals surface area (Å²) in [6.07, 6.45) is 4.50. The monoisotopic (exact) mass is 180 g/mol. The molecule has 13 heavy (non-hydrogen) atoms. The highest BCUT2D eigenvalue weighted by atomic mass is 16.6. The van der Waals surface area contributed by atoms with Gasteiger partial charge in [-0.1, -0.05) is 11.1 Å². The Labute approximate surface area is 78.6 Å². The molecule has 1 saturated heterocycles. The SMILES string of the molecule is CC1=C2CC[C@H]3OC(O)[C@@H](CC1)[C@@H]23. The molecule has 2 nitrogen and oxygen atoms in total. The van der Waals surface area contributed by atoms with E-state index in [2.05, 4.69) is 6.92 Å². The Morgan fingerprint density at radius 1 is 1.31 bits per heavy atom. The van der Waals surface area contributed by atoms with Crippen LogP contribution in [-0.4, -0.2) is 17.5 Å². The highest BCUT2D eigenvalue weighted by Gasteiger charge is 2.50. The van der Waals surface area contributed by atoms with Crippen molar-refractivity contribution in [2.75, 3.05) is 0 Å². The van der Waals surface area contributed by atoms with Gasteiger partial charge in [0.15, 0.2) is 6.29 Å². The molecule has 1 saturated carbocycles. The lowest BCUT2D eigenvalue weighted by Gasteiger charge is -2.27. The molecule has 1 N–H and O–H groups in total. The first-order chi connectivity index (χ1) is 6.27. The fourth-order valence-corrected chi connectivity index (χ4v) is 3.38. The first kappa shape index (κ1) is 8.01. The van der Waals surface area contributed by atoms with Gasteiger partial charge in [-0.3, -0.25) is 0 Å². The lowest BCUT2D eigenvalue weighted by atomic mass is 9.77. The van der Waals surface area contributed by atoms with Crippen LogP contribution in [0.1, 0.15) is 32.6 Å². The van der Waals surface area contributed by atoms with Crippen molar-refractivity contribution >= 4 is 0 Å². The quantitative estimate of drug-likeness (QED) is 0.576. The molecule has 0 aromatic carbocycles. The van der Waals surface area contributed by atoms with Crippen LogP contribution in [0.3, 0.4) is 0 Å². The Morgan fingerprint density at radius 3 is 3.00 bits per heavy atom. The second kappa shape index (κ2) is 2.58. The molecule has 0 aromatic heterocycles. The van der Waals surface area contributed by atoms with Crippen LogP contribution in [0.2, 0.25) is 0 Å². The summed E-state index contributed by atoms with van der Waals surface area (Å²) in [5, 5.41) is 9.69. The summed E-state index contributed by atoms with van der Waals surface area (Å²) in [6.45, 7) is 2.25. The second-order valence-corrected chi connectivity index (χ2v) is 4.64. The van der Waals surface area contributed by atoms with Crippen molar-refractivity contribution in [1.29, 1.82) is 0 Å². The molecule has 2 heteroatoms. The van der Waals surface area contributed by atoms with Crippen molar-refractivity contribution in [3.05, 3.63) is 11.1 Å². The molecule has 72 valence electrons. The van der Waals surface area contributed by atoms with E-state index < -0.39 is 6.29 Å². The van der Waals surface area contributed by atoms with E-state index in [9.17, 15) is 5.11 Å². The van der Waals surface area contributed by atoms with Crippen LogP contribution in [0.5, 0.6) is 0 Å². The van der Waals surface area contributed by atoms with Crippen LogP contribution in [0, 0.1) is 11.8 Å². The number of ether oxygens (including phenoxy) is 1. The van der Waals surface area contributed by atoms with Gasteiger partial charge in [0.05, 0.1) is 6.10 Å². The number of hydrogen-bond acceptors (Lipinski definition) is 2. The molecule has 0 radical (unpaired) electrons. The third kappa shape index (κ3) is 0.960. The molecule has 0 spiro atoms. The third-order valence-corrected chi connectivity index (χ3v) is 4.04. The van der Waals surface area contributed by atoms with Crippen molar-refractivity contribution in [3.8, 4) is 0 Å². The number of rotatable bonds is 0. The minimum absolute atomic E-state index is 0.338. The van der Waals surface area contributed by atoms with Crippen LogP contribution in [-0.2, 0) is 4.74 Å². The van der Waals surface area contributed by atoms with Crippen molar-refractivity contribution in [1.82, 2.24) is 0 Å². The summed E-state index contributed by atoms with van der Waals surface area (Å²) in [4.78, 5) is 0. The van der Waals surface area contributed by atoms with Gasteiger partial charge < -0.3 is 9.84 Å². The number of allylic oxidation sites excluding steroid dienone is 1. The Bertz CT molecular complexity index is 269. The number of hydrogen-bond donors (Lipinski definition) is 1. The number of aliphatic hydroxyl groups is 1. The molecule has 1 aliphatic heterocycles. The van der Waals surface area contributed by atoms with Gasteiger partial charge >= 0.3 is 0 Å². The van der Waals surface area contributed by atoms with Crippen molar-refractivity contribution < 1.29 is 9.84 Å². The average Bonchev–Trinajstić information content (AvgIpc) is 2.61. The summed E-state index contributed by atoms with van der Waals surface area (Å²) in [5.74, 6) is 0.981. The van der Waals surface area contributed by atoms with Crippen LogP contribution < -0.4 is 0 Å². The molecule has 0 bridgehead atoms. The standard InChI is InChI=1S/C11H16O2/c1-6-2-3-8-10-7(6)4-5-9(10)13-11(8)12/h8-12H,2-5H2,1H3/t8-,9+,10+,11?/m0/s1. The van der Waals surface area contributed by atoms with E-state index in [0.717, 1.165) is 12.8 Å². The largest absolute Gasteiger partial charge is 0.368 e. The van der Waals surface area contributed by atoms with Gasteiger partial charge in [-0.25, -0.2) is 0 Å². The van der Waals surface area contributed by atoms with Crippen LogP contribution >= 0.6 is 0 Å². The summed E-state index contributed by atoms with van der Waals surface area (Å²) >= 11 is 0. The highest BCUT2D eigenvalue weighted by molar-refractivity contribution is 5.26. The van der Waals surface area contributed by atoms with E-state index in [1.807, 2.05) is 0 Å². The maximum Gasteiger partial charge on any atom is 0.158 e. The van der Waals surface area contributed by atoms with Crippen molar-refractivity contribution in [2.45, 2.75) is 45.0 Å². The zero-order valence-corrected chi connectivity index (χ0v) is 7.99. The first-order valence-electron chi connectivity index (χ1n) is 5.29. The fraction of sp³-hybridized carbons (Fsp3) is 0.818. The van der Waals surface area contributed by atoms with Crippen LogP contribution in [0.15, 0.2) is 11.1 Å². The Kier molecular flexibility index (Phi) is 1.59. The lowest BCUT2D eigenvalue weighted by Crippen LogP contribution is -2.24. The molecular formula is C11H16O2. The van der Waals surface area contributed by atoms with Gasteiger partial charge in [-0.2, -0.15) is 0 Å². The topological polar surface area (TPSA) is 29.5 Å². The van der Waals surface area contributed by atoms with Crippen LogP contribution in [0.25, 0.3) is 0 Å². The number of aliphatic hydroxyl groups excluding tert-OH is 1. The van der Waals surface area contributed by atoms with Crippen molar-refractivity contribution in [2.24, 2.45) is 11.8 Å². The van der Waals surface area contributed by atoms with Gasteiger partial charge in [-0.15, -0.1) is 0 Å². The van der Waals surface area contributed by atoms with Crippen LogP contribution in [0.4, 0.5) is 0 Å². The Hall–Kier alpha value is -0.340. The molecule has 2 aliphatic carbocycles. The fourth-order valence-electron chi connectivity index (χ4n) is 3.38. The summed E-state index contributed by atoms with van der Waals surface area (Å²) < 4.78 is 5.57. The van der Waals surface area contributed by atoms with E-state index in [1.54, 1.807) is 11.1 Å². The summed E-state index contributed by atoms with van der Waals surface area (Å²) in [5.41, 5.74) is 3.18. The summed E-state index contributed by atoms with van der Waals surface area (Å²) in [7, 11) is 0. The molecule has 1 heterocycles. The Morgan fingerprint density at radius 2 is 2.15 bits per heavy atom. The van der Waals surface area contributed by atoms with Gasteiger partial charge in [0.25, 0.3) is 0 Å². The molecule has 4 atom stereocenters. The van der Waals surface area contributed by atoms with E-state index in [1.165, 1.54) is 12.8 Å². The predicted molar refractivity (Wildman–Crippen MR) is 49.0 cm³/mol. The highest BCUT2D eigenvalue weighted by Crippen LogP contribution is 2.51. The lowest BCUT2D eigenvalue weighted by molar-refractivity contribution is -0.109. The maximum absolute atomic E-state index is 9.69. The molecule has 1 unspecified atom stereocenters. The van der Waals surface area contributed by atoms with E-state index in [4.69, 9.17) is 4.74 Å². The summed E-state index contributed by atoms with van der Waals surface area (Å²) in [6, 6.07) is 0. The first-order valence-corrected chi connectivity index (χ1v) is 5.29. The maximum atomic E-state index is 9.69. The zero-order chi connectivity index (χ0) is 9.00. The van der Waals surface area contributed by atoms with Gasteiger partial charge in [0, 0.05) is 11.8 Å². The third-order valence-electron chi connectivity index (χ3n) is 4.04. The smallest absolute Gasteiger partial charge is 0.158 e. The minimum atomic E-state index is -0.474. The molecule has 3 rings (SSSR count). The zero-order valence-electron chi connectivity index (χ0n) is 7.99. The van der Waals surface area contributed by atoms with Crippen molar-refractivity contribution in [3.63, 3.8) is 0 Å². The van der Waals surface area contributed by atoms with Gasteiger partial charge in [-0.05, 0) is 32.6 Å². The van der Waals surface area contributed by atoms with E-state index >= 15 is 0 Å². The van der Waals surface area contributed by atoms with E-state index in [-0.39, 0.29) is 0 Å². The molecule has 0 amide bonds. The molecular weight excluding hydrogens is 164 g/mol. The van der Waals surface area contributed by atoms with Gasteiger partial charge in [0.1, 0.15) is 0 Å². The predicted octanol–water partition coefficient (Wildman–Crippen LogP) is 1.84. The van der Waals surface area contributed by atoms with E-state index in [0.29, 0.717) is 17.9 Å². The molecule has 0 aromatic rings. The Balaban J connectivity index is 2.02. The normalized spacial score (nSPS) is 48.5. The minimum Gasteiger partial charge on any atom is -0.368 e.